The van der Waals surface area contributed by atoms with Crippen LogP contribution in [0.25, 0.3) is 4.96 Å². The average Bonchev–Trinajstić information content (AvgIpc) is 2.89. The van der Waals surface area contributed by atoms with E-state index in [1.165, 1.54) is 17.5 Å². The monoisotopic (exact) mass is 294 g/mol. The summed E-state index contributed by atoms with van der Waals surface area (Å²) in [6.45, 7) is 4.83. The van der Waals surface area contributed by atoms with Gasteiger partial charge in [-0.05, 0) is 6.92 Å². The number of nitrogens with zero attached hydrogens (tertiary/aromatic N) is 2. The summed E-state index contributed by atoms with van der Waals surface area (Å²) in [5, 5.41) is 1.62. The first-order valence-corrected chi connectivity index (χ1v) is 6.29. The molecule has 2 rings (SSSR count). The lowest BCUT2D eigenvalue weighted by atomic mass is 10.3. The van der Waals surface area contributed by atoms with Crippen molar-refractivity contribution in [2.24, 2.45) is 0 Å². The first-order valence-electron chi connectivity index (χ1n) is 5.41. The molecule has 8 heteroatoms. The molecule has 0 aliphatic heterocycles. The summed E-state index contributed by atoms with van der Waals surface area (Å²) >= 11 is 1.16. The molecule has 20 heavy (non-hydrogen) atoms. The van der Waals surface area contributed by atoms with E-state index in [2.05, 4.69) is 16.3 Å². The zero-order valence-corrected chi connectivity index (χ0v) is 11.5. The Labute approximate surface area is 117 Å². The van der Waals surface area contributed by atoms with Crippen molar-refractivity contribution < 1.29 is 19.1 Å². The number of methoxy groups -OCH3 is 1. The molecule has 2 aromatic heterocycles. The van der Waals surface area contributed by atoms with Crippen molar-refractivity contribution in [2.75, 3.05) is 7.11 Å². The van der Waals surface area contributed by atoms with Crippen molar-refractivity contribution in [1.82, 2.24) is 9.38 Å². The normalized spacial score (nSPS) is 10.3. The van der Waals surface area contributed by atoms with Gasteiger partial charge in [-0.25, -0.2) is 14.6 Å². The first-order chi connectivity index (χ1) is 9.45. The van der Waals surface area contributed by atoms with Gasteiger partial charge in [0.05, 0.1) is 7.11 Å². The van der Waals surface area contributed by atoms with E-state index in [9.17, 15) is 14.4 Å². The van der Waals surface area contributed by atoms with Crippen LogP contribution in [0.15, 0.2) is 28.5 Å². The standard InChI is InChI=1S/C12H10N2O5S/c1-6(2)10(16)19-8-7(11(17)18-3)13-12-14(9(8)15)4-5-20-12/h4-5H,1H2,2-3H3. The smallest absolute Gasteiger partial charge is 0.360 e. The van der Waals surface area contributed by atoms with Crippen LogP contribution >= 0.6 is 11.3 Å². The lowest BCUT2D eigenvalue weighted by molar-refractivity contribution is -0.130. The highest BCUT2D eigenvalue weighted by Crippen LogP contribution is 2.17. The predicted octanol–water partition coefficient (Wildman–Crippen LogP) is 1.02. The quantitative estimate of drug-likeness (QED) is 0.620. The van der Waals surface area contributed by atoms with Crippen molar-refractivity contribution in [2.45, 2.75) is 6.92 Å². The van der Waals surface area contributed by atoms with Crippen molar-refractivity contribution >= 4 is 28.2 Å². The second-order valence-electron chi connectivity index (χ2n) is 3.81. The Hall–Kier alpha value is -2.48. The lowest BCUT2D eigenvalue weighted by Crippen LogP contribution is -2.24. The topological polar surface area (TPSA) is 87.0 Å². The zero-order chi connectivity index (χ0) is 14.9. The Morgan fingerprint density at radius 1 is 1.45 bits per heavy atom. The summed E-state index contributed by atoms with van der Waals surface area (Å²) in [7, 11) is 1.14. The molecule has 0 unspecified atom stereocenters. The fraction of sp³-hybridized carbons (Fsp3) is 0.167. The highest BCUT2D eigenvalue weighted by Gasteiger charge is 2.24. The lowest BCUT2D eigenvalue weighted by Gasteiger charge is -2.07. The molecule has 0 atom stereocenters. The third kappa shape index (κ3) is 2.32. The number of thiazole rings is 1. The summed E-state index contributed by atoms with van der Waals surface area (Å²) in [6.07, 6.45) is 1.47. The van der Waals surface area contributed by atoms with Gasteiger partial charge >= 0.3 is 17.5 Å². The molecule has 0 amide bonds. The van der Waals surface area contributed by atoms with Gasteiger partial charge in [0.2, 0.25) is 5.75 Å². The highest BCUT2D eigenvalue weighted by atomic mass is 32.1. The van der Waals surface area contributed by atoms with Gasteiger partial charge in [-0.1, -0.05) is 6.58 Å². The van der Waals surface area contributed by atoms with Gasteiger partial charge in [0.25, 0.3) is 0 Å². The molecule has 2 heterocycles. The number of carbonyl (C=O) groups excluding carboxylic acids is 2. The Morgan fingerprint density at radius 2 is 2.15 bits per heavy atom. The van der Waals surface area contributed by atoms with Gasteiger partial charge in [0.15, 0.2) is 10.7 Å². The minimum atomic E-state index is -0.859. The molecule has 0 N–H and O–H groups in total. The Morgan fingerprint density at radius 3 is 2.75 bits per heavy atom. The second-order valence-corrected chi connectivity index (χ2v) is 4.68. The fourth-order valence-corrected chi connectivity index (χ4v) is 2.08. The molecule has 0 saturated carbocycles. The molecule has 104 valence electrons. The molecule has 0 saturated heterocycles. The van der Waals surface area contributed by atoms with Crippen LogP contribution in [-0.2, 0) is 9.53 Å². The number of rotatable bonds is 3. The van der Waals surface area contributed by atoms with E-state index >= 15 is 0 Å². The van der Waals surface area contributed by atoms with Gasteiger partial charge in [0.1, 0.15) is 0 Å². The van der Waals surface area contributed by atoms with Crippen LogP contribution in [0.1, 0.15) is 17.4 Å². The van der Waals surface area contributed by atoms with Crippen LogP contribution in [-0.4, -0.2) is 28.4 Å². The van der Waals surface area contributed by atoms with Crippen molar-refractivity contribution in [3.05, 3.63) is 39.8 Å². The molecule has 2 aromatic rings. The van der Waals surface area contributed by atoms with E-state index in [0.29, 0.717) is 4.96 Å². The maximum absolute atomic E-state index is 12.2. The second kappa shape index (κ2) is 5.25. The van der Waals surface area contributed by atoms with E-state index in [-0.39, 0.29) is 11.3 Å². The van der Waals surface area contributed by atoms with Crippen molar-refractivity contribution in [3.8, 4) is 5.75 Å². The largest absolute Gasteiger partial charge is 0.464 e. The molecule has 0 radical (unpaired) electrons. The van der Waals surface area contributed by atoms with Gasteiger partial charge in [0, 0.05) is 17.2 Å². The molecule has 7 nitrogen and oxygen atoms in total. The number of ether oxygens (including phenoxy) is 2. The molecule has 0 spiro atoms. The third-order valence-corrected chi connectivity index (χ3v) is 3.10. The minimum absolute atomic E-state index is 0.0932. The van der Waals surface area contributed by atoms with Gasteiger partial charge in [-0.2, -0.15) is 0 Å². The predicted molar refractivity (Wildman–Crippen MR) is 71.1 cm³/mol. The maximum Gasteiger partial charge on any atom is 0.360 e. The highest BCUT2D eigenvalue weighted by molar-refractivity contribution is 7.15. The summed E-state index contributed by atoms with van der Waals surface area (Å²) in [5.74, 6) is -2.15. The molecule has 0 bridgehead atoms. The summed E-state index contributed by atoms with van der Waals surface area (Å²) in [5.41, 5.74) is -0.906. The minimum Gasteiger partial charge on any atom is -0.464 e. The first kappa shape index (κ1) is 13.9. The van der Waals surface area contributed by atoms with E-state index < -0.39 is 23.2 Å². The number of aromatic nitrogens is 2. The number of esters is 2. The number of hydrogen-bond acceptors (Lipinski definition) is 7. The summed E-state index contributed by atoms with van der Waals surface area (Å²) in [4.78, 5) is 39.7. The number of carbonyl (C=O) groups is 2. The van der Waals surface area contributed by atoms with Gasteiger partial charge < -0.3 is 9.47 Å². The van der Waals surface area contributed by atoms with E-state index in [4.69, 9.17) is 4.74 Å². The Bertz CT molecular complexity index is 774. The molecule has 0 aromatic carbocycles. The molecular weight excluding hydrogens is 284 g/mol. The van der Waals surface area contributed by atoms with Crippen molar-refractivity contribution in [3.63, 3.8) is 0 Å². The Balaban J connectivity index is 2.68. The maximum atomic E-state index is 12.2. The fourth-order valence-electron chi connectivity index (χ4n) is 1.37. The van der Waals surface area contributed by atoms with E-state index in [0.717, 1.165) is 18.4 Å². The van der Waals surface area contributed by atoms with Crippen LogP contribution < -0.4 is 10.3 Å². The Kier molecular flexibility index (Phi) is 3.66. The molecule has 0 aliphatic rings. The van der Waals surface area contributed by atoms with Crippen LogP contribution in [0.3, 0.4) is 0 Å². The van der Waals surface area contributed by atoms with Crippen LogP contribution in [0.2, 0.25) is 0 Å². The average molecular weight is 294 g/mol. The van der Waals surface area contributed by atoms with Crippen LogP contribution in [0.5, 0.6) is 5.75 Å². The summed E-state index contributed by atoms with van der Waals surface area (Å²) in [6, 6.07) is 0. The van der Waals surface area contributed by atoms with Crippen molar-refractivity contribution in [1.29, 1.82) is 0 Å². The zero-order valence-electron chi connectivity index (χ0n) is 10.7. The van der Waals surface area contributed by atoms with Crippen LogP contribution in [0, 0.1) is 0 Å². The molecule has 0 fully saturated rings. The molecule has 0 aliphatic carbocycles. The number of fused-ring (bicyclic) bond motifs is 1. The van der Waals surface area contributed by atoms with Gasteiger partial charge in [-0.3, -0.25) is 9.20 Å². The van der Waals surface area contributed by atoms with E-state index in [1.54, 1.807) is 5.38 Å². The SMILES string of the molecule is C=C(C)C(=O)Oc1c(C(=O)OC)nc2sccn2c1=O. The molecular formula is C12H10N2O5S. The number of hydrogen-bond donors (Lipinski definition) is 0. The summed E-state index contributed by atoms with van der Waals surface area (Å²) < 4.78 is 10.6. The van der Waals surface area contributed by atoms with Gasteiger partial charge in [-0.15, -0.1) is 11.3 Å². The van der Waals surface area contributed by atoms with E-state index in [1.807, 2.05) is 0 Å². The third-order valence-electron chi connectivity index (χ3n) is 2.35. The van der Waals surface area contributed by atoms with Crippen LogP contribution in [0.4, 0.5) is 0 Å².